The maximum atomic E-state index is 12.4. The van der Waals surface area contributed by atoms with E-state index in [4.69, 9.17) is 0 Å². The summed E-state index contributed by atoms with van der Waals surface area (Å²) in [5.41, 5.74) is 1.31. The molecule has 2 fully saturated rings. The smallest absolute Gasteiger partial charge is 0.222 e. The van der Waals surface area contributed by atoms with Crippen LogP contribution >= 0.6 is 12.4 Å². The second kappa shape index (κ2) is 11.1. The minimum Gasteiger partial charge on any atom is -0.341 e. The molecule has 6 heteroatoms. The number of amides is 1. The van der Waals surface area contributed by atoms with Gasteiger partial charge in [-0.3, -0.25) is 14.7 Å². The van der Waals surface area contributed by atoms with Gasteiger partial charge in [-0.05, 0) is 70.0 Å². The highest BCUT2D eigenvalue weighted by Gasteiger charge is 2.36. The fraction of sp³-hybridized carbons (Fsp3) is 0.727. The molecule has 1 aromatic rings. The van der Waals surface area contributed by atoms with E-state index in [1.807, 2.05) is 23.4 Å². The Hall–Kier alpha value is -1.17. The molecule has 0 aliphatic carbocycles. The Morgan fingerprint density at radius 3 is 2.89 bits per heavy atom. The van der Waals surface area contributed by atoms with Crippen LogP contribution in [-0.4, -0.2) is 59.0 Å². The number of hydrogen-bond donors (Lipinski definition) is 1. The van der Waals surface area contributed by atoms with Gasteiger partial charge in [-0.25, -0.2) is 0 Å². The molecule has 0 spiro atoms. The molecule has 0 radical (unpaired) electrons. The molecule has 0 aromatic carbocycles. The van der Waals surface area contributed by atoms with E-state index in [0.29, 0.717) is 30.3 Å². The first-order valence-electron chi connectivity index (χ1n) is 10.7. The van der Waals surface area contributed by atoms with E-state index in [-0.39, 0.29) is 12.4 Å². The standard InChI is InChI=1S/C22H36N4O.ClH/c1-4-26(17(2)3)22(27)9-5-8-21-20-11-19(13-24-21)15-25(16-20)14-18-7-6-10-23-12-18;/h6-7,10,12,17,19-21,24H,4-5,8-9,11,13-16H2,1-3H3;1H/t19?,20?,21-;/m1./s1. The Labute approximate surface area is 176 Å². The van der Waals surface area contributed by atoms with Gasteiger partial charge in [0.15, 0.2) is 0 Å². The Kier molecular flexibility index (Phi) is 9.19. The van der Waals surface area contributed by atoms with Gasteiger partial charge < -0.3 is 10.2 Å². The lowest BCUT2D eigenvalue weighted by atomic mass is 9.79. The highest BCUT2D eigenvalue weighted by molar-refractivity contribution is 5.85. The molecule has 28 heavy (non-hydrogen) atoms. The Bertz CT molecular complexity index is 597. The first-order chi connectivity index (χ1) is 13.1. The van der Waals surface area contributed by atoms with Gasteiger partial charge in [0.05, 0.1) is 0 Å². The third-order valence-electron chi connectivity index (χ3n) is 6.20. The van der Waals surface area contributed by atoms with Crippen LogP contribution < -0.4 is 5.32 Å². The number of nitrogens with zero attached hydrogens (tertiary/aromatic N) is 3. The van der Waals surface area contributed by atoms with Crippen molar-refractivity contribution >= 4 is 18.3 Å². The third-order valence-corrected chi connectivity index (χ3v) is 6.20. The van der Waals surface area contributed by atoms with E-state index in [2.05, 4.69) is 42.0 Å². The summed E-state index contributed by atoms with van der Waals surface area (Å²) in [6.45, 7) is 11.5. The number of aromatic nitrogens is 1. The van der Waals surface area contributed by atoms with Crippen LogP contribution in [0.5, 0.6) is 0 Å². The highest BCUT2D eigenvalue weighted by Crippen LogP contribution is 2.31. The second-order valence-electron chi connectivity index (χ2n) is 8.60. The summed E-state index contributed by atoms with van der Waals surface area (Å²) in [7, 11) is 0. The predicted molar refractivity (Wildman–Crippen MR) is 117 cm³/mol. The first-order valence-corrected chi connectivity index (χ1v) is 10.7. The molecular formula is C22H37ClN4O. The van der Waals surface area contributed by atoms with Crippen LogP contribution in [0.4, 0.5) is 0 Å². The van der Waals surface area contributed by atoms with E-state index < -0.39 is 0 Å². The molecule has 1 aromatic heterocycles. The third kappa shape index (κ3) is 6.16. The number of nitrogens with one attached hydrogen (secondary N) is 1. The van der Waals surface area contributed by atoms with Crippen LogP contribution in [0.25, 0.3) is 0 Å². The lowest BCUT2D eigenvalue weighted by molar-refractivity contribution is -0.132. The van der Waals surface area contributed by atoms with Crippen molar-refractivity contribution in [3.05, 3.63) is 30.1 Å². The minimum absolute atomic E-state index is 0. The van der Waals surface area contributed by atoms with E-state index in [0.717, 1.165) is 44.9 Å². The first kappa shape index (κ1) is 23.1. The molecule has 1 amide bonds. The topological polar surface area (TPSA) is 48.5 Å². The van der Waals surface area contributed by atoms with Gasteiger partial charge in [-0.1, -0.05) is 6.07 Å². The molecule has 2 aliphatic rings. The number of carbonyl (C=O) groups is 1. The summed E-state index contributed by atoms with van der Waals surface area (Å²) in [5, 5.41) is 3.78. The van der Waals surface area contributed by atoms with Crippen molar-refractivity contribution in [3.63, 3.8) is 0 Å². The van der Waals surface area contributed by atoms with Crippen LogP contribution in [-0.2, 0) is 11.3 Å². The molecular weight excluding hydrogens is 372 g/mol. The average molecular weight is 409 g/mol. The van der Waals surface area contributed by atoms with Crippen LogP contribution in [0.15, 0.2) is 24.5 Å². The summed E-state index contributed by atoms with van der Waals surface area (Å²) in [6.07, 6.45) is 7.94. The molecule has 3 atom stereocenters. The molecule has 158 valence electrons. The Balaban J connectivity index is 0.00000280. The summed E-state index contributed by atoms with van der Waals surface area (Å²) in [6, 6.07) is 5.06. The quantitative estimate of drug-likeness (QED) is 0.716. The summed E-state index contributed by atoms with van der Waals surface area (Å²) >= 11 is 0. The van der Waals surface area contributed by atoms with E-state index in [1.54, 1.807) is 0 Å². The minimum atomic E-state index is 0. The summed E-state index contributed by atoms with van der Waals surface area (Å²) in [4.78, 5) is 21.3. The normalized spacial score (nSPS) is 24.6. The Morgan fingerprint density at radius 2 is 2.21 bits per heavy atom. The molecule has 2 saturated heterocycles. The van der Waals surface area contributed by atoms with Gasteiger partial charge >= 0.3 is 0 Å². The number of pyridine rings is 1. The summed E-state index contributed by atoms with van der Waals surface area (Å²) in [5.74, 6) is 1.77. The number of piperidine rings is 2. The zero-order chi connectivity index (χ0) is 19.2. The summed E-state index contributed by atoms with van der Waals surface area (Å²) < 4.78 is 0. The second-order valence-corrected chi connectivity index (χ2v) is 8.60. The van der Waals surface area contributed by atoms with E-state index in [1.165, 1.54) is 18.5 Å². The number of likely N-dealkylation sites (tertiary alicyclic amines) is 1. The lowest BCUT2D eigenvalue weighted by Crippen LogP contribution is -2.55. The van der Waals surface area contributed by atoms with Gasteiger partial charge in [0.1, 0.15) is 0 Å². The van der Waals surface area contributed by atoms with Crippen molar-refractivity contribution in [3.8, 4) is 0 Å². The molecule has 2 bridgehead atoms. The maximum absolute atomic E-state index is 12.4. The Morgan fingerprint density at radius 1 is 1.39 bits per heavy atom. The van der Waals surface area contributed by atoms with Gasteiger partial charge in [-0.2, -0.15) is 0 Å². The van der Waals surface area contributed by atoms with Gasteiger partial charge in [-0.15, -0.1) is 12.4 Å². The van der Waals surface area contributed by atoms with Crippen molar-refractivity contribution in [1.29, 1.82) is 0 Å². The lowest BCUT2D eigenvalue weighted by Gasteiger charge is -2.46. The van der Waals surface area contributed by atoms with Crippen molar-refractivity contribution < 1.29 is 4.79 Å². The highest BCUT2D eigenvalue weighted by atomic mass is 35.5. The zero-order valence-electron chi connectivity index (χ0n) is 17.6. The number of fused-ring (bicyclic) bond motifs is 2. The molecule has 2 aliphatic heterocycles. The number of hydrogen-bond acceptors (Lipinski definition) is 4. The van der Waals surface area contributed by atoms with E-state index in [9.17, 15) is 4.79 Å². The monoisotopic (exact) mass is 408 g/mol. The molecule has 5 nitrogen and oxygen atoms in total. The van der Waals surface area contributed by atoms with Gasteiger partial charge in [0, 0.05) is 57.1 Å². The average Bonchev–Trinajstić information content (AvgIpc) is 2.64. The molecule has 2 unspecified atom stereocenters. The SMILES string of the molecule is CCN(C(=O)CCC[C@H]1NCC2CC1CN(Cc1cccnc1)C2)C(C)C.Cl. The predicted octanol–water partition coefficient (Wildman–Crippen LogP) is 3.34. The largest absolute Gasteiger partial charge is 0.341 e. The van der Waals surface area contributed by atoms with Crippen molar-refractivity contribution in [2.45, 2.75) is 65.1 Å². The number of rotatable bonds is 8. The number of carbonyl (C=O) groups excluding carboxylic acids is 1. The van der Waals surface area contributed by atoms with Crippen molar-refractivity contribution in [2.75, 3.05) is 26.2 Å². The van der Waals surface area contributed by atoms with Crippen LogP contribution in [0.3, 0.4) is 0 Å². The van der Waals surface area contributed by atoms with Crippen LogP contribution in [0.1, 0.15) is 52.0 Å². The maximum Gasteiger partial charge on any atom is 0.222 e. The van der Waals surface area contributed by atoms with E-state index >= 15 is 0 Å². The van der Waals surface area contributed by atoms with Gasteiger partial charge in [0.2, 0.25) is 5.91 Å². The molecule has 0 saturated carbocycles. The molecule has 3 heterocycles. The zero-order valence-corrected chi connectivity index (χ0v) is 18.5. The van der Waals surface area contributed by atoms with Crippen LogP contribution in [0, 0.1) is 11.8 Å². The van der Waals surface area contributed by atoms with Gasteiger partial charge in [0.25, 0.3) is 0 Å². The molecule has 1 N–H and O–H groups in total. The van der Waals surface area contributed by atoms with Crippen LogP contribution in [0.2, 0.25) is 0 Å². The fourth-order valence-corrected chi connectivity index (χ4v) is 4.94. The molecule has 3 rings (SSSR count). The number of halogens is 1. The van der Waals surface area contributed by atoms with Crippen molar-refractivity contribution in [1.82, 2.24) is 20.1 Å². The van der Waals surface area contributed by atoms with Crippen molar-refractivity contribution in [2.24, 2.45) is 11.8 Å². The fourth-order valence-electron chi connectivity index (χ4n) is 4.94.